The Morgan fingerprint density at radius 3 is 2.42 bits per heavy atom. The number of benzene rings is 2. The zero-order chi connectivity index (χ0) is 17.5. The molecule has 4 heteroatoms. The Kier molecular flexibility index (Phi) is 5.90. The average Bonchev–Trinajstić information content (AvgIpc) is 2.62. The zero-order valence-corrected chi connectivity index (χ0v) is 14.1. The number of aliphatic carboxylic acids is 1. The second-order valence-corrected chi connectivity index (χ2v) is 5.32. The number of aryl methyl sites for hydroxylation is 1. The molecule has 0 fully saturated rings. The van der Waals surface area contributed by atoms with Crippen molar-refractivity contribution in [2.24, 2.45) is 4.99 Å². The predicted octanol–water partition coefficient (Wildman–Crippen LogP) is 4.19. The van der Waals surface area contributed by atoms with Gasteiger partial charge in [0.05, 0.1) is 18.4 Å². The second kappa shape index (κ2) is 8.11. The number of carboxylic acids is 1. The SMILES string of the molecule is CCc1ccccc1C(N=Cc1ccc(OC)cc1)=C(C)C(=O)O. The molecule has 0 spiro atoms. The van der Waals surface area contributed by atoms with Gasteiger partial charge in [0, 0.05) is 11.8 Å². The number of carbonyl (C=O) groups is 1. The van der Waals surface area contributed by atoms with Crippen LogP contribution in [-0.2, 0) is 11.2 Å². The van der Waals surface area contributed by atoms with E-state index >= 15 is 0 Å². The number of carboxylic acid groups (broad SMARTS) is 1. The summed E-state index contributed by atoms with van der Waals surface area (Å²) in [6, 6.07) is 15.2. The van der Waals surface area contributed by atoms with E-state index < -0.39 is 5.97 Å². The van der Waals surface area contributed by atoms with Crippen LogP contribution in [0.2, 0.25) is 0 Å². The lowest BCUT2D eigenvalue weighted by Crippen LogP contribution is -2.02. The minimum absolute atomic E-state index is 0.223. The summed E-state index contributed by atoms with van der Waals surface area (Å²) in [6.45, 7) is 3.62. The first-order valence-electron chi connectivity index (χ1n) is 7.77. The van der Waals surface area contributed by atoms with Crippen LogP contribution in [0, 0.1) is 0 Å². The van der Waals surface area contributed by atoms with Crippen LogP contribution in [0.15, 0.2) is 59.1 Å². The molecular formula is C20H21NO3. The van der Waals surface area contributed by atoms with Crippen LogP contribution in [0.3, 0.4) is 0 Å². The summed E-state index contributed by atoms with van der Waals surface area (Å²) < 4.78 is 5.13. The summed E-state index contributed by atoms with van der Waals surface area (Å²) >= 11 is 0. The fraction of sp³-hybridized carbons (Fsp3) is 0.200. The van der Waals surface area contributed by atoms with Crippen molar-refractivity contribution in [2.75, 3.05) is 7.11 Å². The average molecular weight is 323 g/mol. The minimum Gasteiger partial charge on any atom is -0.497 e. The van der Waals surface area contributed by atoms with Gasteiger partial charge in [0.25, 0.3) is 0 Å². The highest BCUT2D eigenvalue weighted by atomic mass is 16.5. The van der Waals surface area contributed by atoms with Crippen molar-refractivity contribution >= 4 is 17.9 Å². The first-order valence-corrected chi connectivity index (χ1v) is 7.77. The molecule has 2 rings (SSSR count). The van der Waals surface area contributed by atoms with Crippen LogP contribution in [0.25, 0.3) is 5.70 Å². The van der Waals surface area contributed by atoms with Crippen molar-refractivity contribution in [3.63, 3.8) is 0 Å². The second-order valence-electron chi connectivity index (χ2n) is 5.32. The third-order valence-corrected chi connectivity index (χ3v) is 3.79. The fourth-order valence-corrected chi connectivity index (χ4v) is 2.36. The van der Waals surface area contributed by atoms with Gasteiger partial charge in [-0.25, -0.2) is 4.79 Å². The Hall–Kier alpha value is -2.88. The maximum absolute atomic E-state index is 11.5. The van der Waals surface area contributed by atoms with Crippen LogP contribution in [0.1, 0.15) is 30.5 Å². The molecule has 0 aliphatic carbocycles. The van der Waals surface area contributed by atoms with E-state index in [2.05, 4.69) is 4.99 Å². The molecule has 0 atom stereocenters. The Morgan fingerprint density at radius 2 is 1.83 bits per heavy atom. The largest absolute Gasteiger partial charge is 0.497 e. The maximum Gasteiger partial charge on any atom is 0.333 e. The van der Waals surface area contributed by atoms with Gasteiger partial charge in [0.1, 0.15) is 5.75 Å². The molecule has 0 unspecified atom stereocenters. The number of methoxy groups -OCH3 is 1. The zero-order valence-electron chi connectivity index (χ0n) is 14.1. The van der Waals surface area contributed by atoms with E-state index in [0.717, 1.165) is 28.9 Å². The number of ether oxygens (including phenoxy) is 1. The van der Waals surface area contributed by atoms with Crippen LogP contribution < -0.4 is 4.74 Å². The van der Waals surface area contributed by atoms with Crippen molar-refractivity contribution < 1.29 is 14.6 Å². The molecular weight excluding hydrogens is 302 g/mol. The molecule has 0 radical (unpaired) electrons. The third-order valence-electron chi connectivity index (χ3n) is 3.79. The summed E-state index contributed by atoms with van der Waals surface area (Å²) in [6.07, 6.45) is 2.48. The van der Waals surface area contributed by atoms with Crippen molar-refractivity contribution in [3.8, 4) is 5.75 Å². The van der Waals surface area contributed by atoms with Gasteiger partial charge in [-0.05, 0) is 48.7 Å². The van der Waals surface area contributed by atoms with Crippen LogP contribution in [0.4, 0.5) is 0 Å². The van der Waals surface area contributed by atoms with Gasteiger partial charge in [0.15, 0.2) is 0 Å². The summed E-state index contributed by atoms with van der Waals surface area (Å²) in [7, 11) is 1.61. The van der Waals surface area contributed by atoms with E-state index in [-0.39, 0.29) is 5.57 Å². The molecule has 0 aromatic heterocycles. The molecule has 0 aliphatic heterocycles. The lowest BCUT2D eigenvalue weighted by Gasteiger charge is -2.10. The number of hydrogen-bond acceptors (Lipinski definition) is 3. The van der Waals surface area contributed by atoms with Gasteiger partial charge in [0.2, 0.25) is 0 Å². The maximum atomic E-state index is 11.5. The van der Waals surface area contributed by atoms with Crippen molar-refractivity contribution in [1.82, 2.24) is 0 Å². The van der Waals surface area contributed by atoms with E-state index in [9.17, 15) is 9.90 Å². The first kappa shape index (κ1) is 17.5. The quantitative estimate of drug-likeness (QED) is 0.640. The van der Waals surface area contributed by atoms with Crippen LogP contribution in [0.5, 0.6) is 5.75 Å². The van der Waals surface area contributed by atoms with E-state index in [0.29, 0.717) is 5.70 Å². The Morgan fingerprint density at radius 1 is 1.17 bits per heavy atom. The van der Waals surface area contributed by atoms with Gasteiger partial charge >= 0.3 is 5.97 Å². The van der Waals surface area contributed by atoms with Gasteiger partial charge < -0.3 is 9.84 Å². The molecule has 0 heterocycles. The molecule has 24 heavy (non-hydrogen) atoms. The molecule has 2 aromatic rings. The highest BCUT2D eigenvalue weighted by Gasteiger charge is 2.13. The lowest BCUT2D eigenvalue weighted by atomic mass is 10.00. The molecule has 4 nitrogen and oxygen atoms in total. The van der Waals surface area contributed by atoms with Crippen LogP contribution >= 0.6 is 0 Å². The van der Waals surface area contributed by atoms with Crippen LogP contribution in [-0.4, -0.2) is 24.4 Å². The summed E-state index contributed by atoms with van der Waals surface area (Å²) in [5.41, 5.74) is 3.50. The molecule has 2 aromatic carbocycles. The normalized spacial score (nSPS) is 12.1. The van der Waals surface area contributed by atoms with Gasteiger partial charge in [-0.1, -0.05) is 31.2 Å². The number of hydrogen-bond donors (Lipinski definition) is 1. The smallest absolute Gasteiger partial charge is 0.333 e. The molecule has 0 aliphatic rings. The third kappa shape index (κ3) is 4.10. The fourth-order valence-electron chi connectivity index (χ4n) is 2.36. The Bertz CT molecular complexity index is 774. The number of rotatable bonds is 6. The van der Waals surface area contributed by atoms with Gasteiger partial charge in [-0.15, -0.1) is 0 Å². The lowest BCUT2D eigenvalue weighted by molar-refractivity contribution is -0.132. The highest BCUT2D eigenvalue weighted by molar-refractivity contribution is 5.98. The van der Waals surface area contributed by atoms with E-state index in [1.807, 2.05) is 55.5 Å². The van der Waals surface area contributed by atoms with Crippen molar-refractivity contribution in [1.29, 1.82) is 0 Å². The van der Waals surface area contributed by atoms with Crippen molar-refractivity contribution in [3.05, 3.63) is 70.8 Å². The number of nitrogens with zero attached hydrogens (tertiary/aromatic N) is 1. The highest BCUT2D eigenvalue weighted by Crippen LogP contribution is 2.25. The summed E-state index contributed by atoms with van der Waals surface area (Å²) in [4.78, 5) is 15.9. The van der Waals surface area contributed by atoms with Gasteiger partial charge in [-0.3, -0.25) is 4.99 Å². The minimum atomic E-state index is -0.970. The molecule has 124 valence electrons. The topological polar surface area (TPSA) is 58.9 Å². The standard InChI is InChI=1S/C20H21NO3/c1-4-16-7-5-6-8-18(16)19(14(2)20(22)23)21-13-15-9-11-17(24-3)12-10-15/h5-13H,4H2,1-3H3,(H,22,23). The van der Waals surface area contributed by atoms with Gasteiger partial charge in [-0.2, -0.15) is 0 Å². The molecule has 0 bridgehead atoms. The summed E-state index contributed by atoms with van der Waals surface area (Å²) in [5, 5.41) is 9.39. The van der Waals surface area contributed by atoms with E-state index in [1.165, 1.54) is 0 Å². The Balaban J connectivity index is 2.46. The summed E-state index contributed by atoms with van der Waals surface area (Å²) in [5.74, 6) is -0.205. The van der Waals surface area contributed by atoms with Crippen molar-refractivity contribution in [2.45, 2.75) is 20.3 Å². The monoisotopic (exact) mass is 323 g/mol. The predicted molar refractivity (Wildman–Crippen MR) is 96.6 cm³/mol. The number of aliphatic imine (C=N–C) groups is 1. The molecule has 0 amide bonds. The van der Waals surface area contributed by atoms with E-state index in [1.54, 1.807) is 20.2 Å². The molecule has 1 N–H and O–H groups in total. The first-order chi connectivity index (χ1) is 11.6. The molecule has 0 saturated carbocycles. The Labute approximate surface area is 142 Å². The van der Waals surface area contributed by atoms with E-state index in [4.69, 9.17) is 4.74 Å². The molecule has 0 saturated heterocycles.